The fraction of sp³-hybridized carbons (Fsp3) is 0.882. The van der Waals surface area contributed by atoms with Crippen LogP contribution in [0.2, 0.25) is 5.82 Å². The maximum absolute atomic E-state index is 4.22. The summed E-state index contributed by atoms with van der Waals surface area (Å²) in [7, 11) is 0. The van der Waals surface area contributed by atoms with Gasteiger partial charge in [-0.15, -0.1) is 0 Å². The number of nitrogens with one attached hydrogen (secondary N) is 4. The molecule has 43 heavy (non-hydrogen) atoms. The van der Waals surface area contributed by atoms with E-state index in [-0.39, 0.29) is 0 Å². The summed E-state index contributed by atoms with van der Waals surface area (Å²) in [5.41, 5.74) is 3.86. The summed E-state index contributed by atoms with van der Waals surface area (Å²) in [6.07, 6.45) is 17.0. The molecule has 11 aliphatic rings. The van der Waals surface area contributed by atoms with Crippen molar-refractivity contribution in [3.8, 4) is 0 Å². The first-order chi connectivity index (χ1) is 21.0. The Kier molecular flexibility index (Phi) is 5.20. The van der Waals surface area contributed by atoms with Crippen LogP contribution >= 0.6 is 0 Å². The Morgan fingerprint density at radius 3 is 1.23 bits per heavy atom. The van der Waals surface area contributed by atoms with Gasteiger partial charge in [-0.05, 0) is 90.3 Å². The van der Waals surface area contributed by atoms with Crippen molar-refractivity contribution in [2.45, 2.75) is 177 Å². The van der Waals surface area contributed by atoms with Gasteiger partial charge in [0.25, 0.3) is 0 Å². The molecule has 0 aromatic rings. The monoisotopic (exact) mass is 584 g/mol. The van der Waals surface area contributed by atoms with E-state index in [1.165, 1.54) is 70.6 Å². The van der Waals surface area contributed by atoms with Gasteiger partial charge >= 0.3 is 0 Å². The van der Waals surface area contributed by atoms with Crippen molar-refractivity contribution in [2.24, 2.45) is 11.8 Å². The van der Waals surface area contributed by atoms with Crippen molar-refractivity contribution in [3.05, 3.63) is 22.6 Å². The SMILES string of the molecule is CC1NC2C(NC1C)N1C3=C(B4C5=C6N(C7CCCCC57)C5NC(C)C(C)NC5N6C5CCCC1C45)C1CCCCC1N32. The number of rotatable bonds is 0. The predicted octanol–water partition coefficient (Wildman–Crippen LogP) is 2.93. The van der Waals surface area contributed by atoms with Gasteiger partial charge in [-0.25, -0.2) is 0 Å². The molecular formula is C34H53BN8. The molecule has 14 atom stereocenters. The maximum Gasteiger partial charge on any atom is 0.216 e. The Bertz CT molecular complexity index is 1210. The zero-order chi connectivity index (χ0) is 28.5. The molecule has 11 rings (SSSR count). The minimum Gasteiger partial charge on any atom is -0.337 e. The highest BCUT2D eigenvalue weighted by Gasteiger charge is 2.71. The maximum atomic E-state index is 4.22. The van der Waals surface area contributed by atoms with Gasteiger partial charge in [-0.1, -0.05) is 36.6 Å². The molecule has 3 aliphatic carbocycles. The molecule has 232 valence electrons. The summed E-state index contributed by atoms with van der Waals surface area (Å²) >= 11 is 0. The van der Waals surface area contributed by atoms with Crippen LogP contribution in [0.25, 0.3) is 0 Å². The van der Waals surface area contributed by atoms with E-state index >= 15 is 0 Å². The summed E-state index contributed by atoms with van der Waals surface area (Å²) in [5, 5.41) is 16.8. The first-order valence-electron chi connectivity index (χ1n) is 18.7. The first-order valence-corrected chi connectivity index (χ1v) is 18.7. The summed E-state index contributed by atoms with van der Waals surface area (Å²) in [4.78, 5) is 12.1. The number of fused-ring (bicyclic) bond motifs is 16. The zero-order valence-electron chi connectivity index (χ0n) is 26.8. The van der Waals surface area contributed by atoms with Gasteiger partial charge in [0.05, 0.1) is 11.6 Å². The number of nitrogens with zero attached hydrogens (tertiary/aromatic N) is 4. The van der Waals surface area contributed by atoms with E-state index in [9.17, 15) is 0 Å². The molecule has 0 aromatic carbocycles. The summed E-state index contributed by atoms with van der Waals surface area (Å²) in [6.45, 7) is 10.3. The Hall–Kier alpha value is -1.42. The lowest BCUT2D eigenvalue weighted by Crippen LogP contribution is -2.73. The zero-order valence-corrected chi connectivity index (χ0v) is 26.8. The lowest BCUT2D eigenvalue weighted by Gasteiger charge is -2.59. The average molecular weight is 585 g/mol. The van der Waals surface area contributed by atoms with Crippen LogP contribution in [-0.2, 0) is 0 Å². The highest BCUT2D eigenvalue weighted by Crippen LogP contribution is 2.65. The van der Waals surface area contributed by atoms with Gasteiger partial charge < -0.3 is 19.6 Å². The van der Waals surface area contributed by atoms with Crippen molar-refractivity contribution < 1.29 is 0 Å². The molecule has 0 radical (unpaired) electrons. The molecule has 0 aromatic heterocycles. The van der Waals surface area contributed by atoms with Crippen LogP contribution in [0.15, 0.2) is 22.6 Å². The highest BCUT2D eigenvalue weighted by atomic mass is 15.6. The molecule has 0 spiro atoms. The quantitative estimate of drug-likeness (QED) is 0.325. The molecule has 7 fully saturated rings. The van der Waals surface area contributed by atoms with E-state index in [1.54, 1.807) is 11.6 Å². The summed E-state index contributed by atoms with van der Waals surface area (Å²) in [5.74, 6) is 5.69. The van der Waals surface area contributed by atoms with Crippen molar-refractivity contribution in [1.29, 1.82) is 0 Å². The van der Waals surface area contributed by atoms with E-state index in [0.29, 0.717) is 79.7 Å². The van der Waals surface area contributed by atoms with Crippen LogP contribution in [0.4, 0.5) is 0 Å². The van der Waals surface area contributed by atoms with E-state index in [2.05, 4.69) is 68.6 Å². The molecule has 3 saturated carbocycles. The van der Waals surface area contributed by atoms with Gasteiger partial charge in [0.1, 0.15) is 24.7 Å². The van der Waals surface area contributed by atoms with Crippen molar-refractivity contribution in [1.82, 2.24) is 40.9 Å². The van der Waals surface area contributed by atoms with Crippen LogP contribution in [0.1, 0.15) is 98.3 Å². The molecular weight excluding hydrogens is 531 g/mol. The minimum absolute atomic E-state index is 0.406. The topological polar surface area (TPSA) is 61.1 Å². The lowest BCUT2D eigenvalue weighted by molar-refractivity contribution is 0.0311. The minimum atomic E-state index is 0.406. The third kappa shape index (κ3) is 2.97. The van der Waals surface area contributed by atoms with Crippen molar-refractivity contribution in [3.63, 3.8) is 0 Å². The smallest absolute Gasteiger partial charge is 0.216 e. The van der Waals surface area contributed by atoms with Gasteiger partial charge in [0.2, 0.25) is 6.71 Å². The molecule has 8 aliphatic heterocycles. The molecule has 4 N–H and O–H groups in total. The Morgan fingerprint density at radius 2 is 0.814 bits per heavy atom. The van der Waals surface area contributed by atoms with Gasteiger partial charge in [0, 0.05) is 48.3 Å². The number of piperazine rings is 2. The molecule has 8 heterocycles. The molecule has 9 heteroatoms. The lowest BCUT2D eigenvalue weighted by atomic mass is 9.24. The van der Waals surface area contributed by atoms with Gasteiger partial charge in [-0.2, -0.15) is 0 Å². The summed E-state index contributed by atoms with van der Waals surface area (Å²) in [6, 6.07) is 4.69. The van der Waals surface area contributed by atoms with Gasteiger partial charge in [0.15, 0.2) is 0 Å². The first kappa shape index (κ1) is 25.7. The standard InChI is InChI=1S/C34H53BN8/c1-16-18(3)38-31-29(36-16)40-22-12-7-5-10-20(22)26-33(40)42(31)24-14-9-15-25-28(24)35(26)27-21-11-6-8-13-23(21)41-30-32(43(25)34(27)41)39-19(4)17(2)37-30/h16-25,28-32,36-39H,5-15H2,1-4H3. The molecule has 0 amide bonds. The second kappa shape index (κ2) is 8.68. The van der Waals surface area contributed by atoms with E-state index in [1.807, 2.05) is 10.9 Å². The number of hydrogen-bond donors (Lipinski definition) is 4. The molecule has 8 nitrogen and oxygen atoms in total. The Labute approximate surface area is 258 Å². The second-order valence-corrected chi connectivity index (χ2v) is 16.8. The Balaban J connectivity index is 1.14. The van der Waals surface area contributed by atoms with E-state index in [4.69, 9.17) is 0 Å². The van der Waals surface area contributed by atoms with E-state index < -0.39 is 0 Å². The van der Waals surface area contributed by atoms with Crippen LogP contribution < -0.4 is 21.3 Å². The third-order valence-electron chi connectivity index (χ3n) is 15.2. The van der Waals surface area contributed by atoms with E-state index in [0.717, 1.165) is 17.7 Å². The van der Waals surface area contributed by atoms with Crippen molar-refractivity contribution >= 4 is 6.71 Å². The molecule has 0 bridgehead atoms. The second-order valence-electron chi connectivity index (χ2n) is 16.8. The fourth-order valence-electron chi connectivity index (χ4n) is 13.3. The Morgan fingerprint density at radius 1 is 0.465 bits per heavy atom. The highest BCUT2D eigenvalue weighted by molar-refractivity contribution is 6.77. The van der Waals surface area contributed by atoms with Crippen LogP contribution in [0, 0.1) is 11.8 Å². The molecule has 14 unspecified atom stereocenters. The van der Waals surface area contributed by atoms with Crippen LogP contribution in [0.3, 0.4) is 0 Å². The van der Waals surface area contributed by atoms with Crippen LogP contribution in [-0.4, -0.2) is 99.3 Å². The normalized spacial score (nSPS) is 53.9. The number of hydrogen-bond acceptors (Lipinski definition) is 8. The predicted molar refractivity (Wildman–Crippen MR) is 169 cm³/mol. The van der Waals surface area contributed by atoms with Crippen molar-refractivity contribution in [2.75, 3.05) is 0 Å². The third-order valence-corrected chi connectivity index (χ3v) is 15.2. The average Bonchev–Trinajstić information content (AvgIpc) is 3.72. The largest absolute Gasteiger partial charge is 0.337 e. The van der Waals surface area contributed by atoms with Gasteiger partial charge in [-0.3, -0.25) is 21.3 Å². The summed E-state index contributed by atoms with van der Waals surface area (Å²) < 4.78 is 0. The molecule has 4 saturated heterocycles. The van der Waals surface area contributed by atoms with Crippen LogP contribution in [0.5, 0.6) is 0 Å². The fourth-order valence-corrected chi connectivity index (χ4v) is 13.3.